The van der Waals surface area contributed by atoms with Gasteiger partial charge in [-0.15, -0.1) is 0 Å². The van der Waals surface area contributed by atoms with Crippen LogP contribution >= 0.6 is 0 Å². The molecule has 0 amide bonds. The molecule has 3 N–H and O–H groups in total. The smallest absolute Gasteiger partial charge is 0.423 e. The molecule has 0 aliphatic carbocycles. The highest BCUT2D eigenvalue weighted by atomic mass is 19.2. The van der Waals surface area contributed by atoms with Crippen molar-refractivity contribution in [3.05, 3.63) is 207 Å². The molecule has 7 aromatic rings. The van der Waals surface area contributed by atoms with E-state index in [-0.39, 0.29) is 148 Å². The molecule has 794 valence electrons. The lowest BCUT2D eigenvalue weighted by Gasteiger charge is -2.33. The molecule has 14 rings (SSSR count). The first-order chi connectivity index (χ1) is 69.4. The van der Waals surface area contributed by atoms with Gasteiger partial charge < -0.3 is 133 Å². The van der Waals surface area contributed by atoms with Crippen molar-refractivity contribution in [1.29, 1.82) is 0 Å². The Bertz CT molecular complexity index is 4670. The topological polar surface area (TPSA) is 291 Å². The zero-order valence-corrected chi connectivity index (χ0v) is 86.3. The molecule has 0 bridgehead atoms. The SMILES string of the molecule is CC(C)OB(OC(C)C)c1ccc(F)cc1COC1CCCCO1.CCOC(C)OCc1cc(F)ccc1B1OCC(C)(C)CO1.CCOC(C)OCc1cc(F)ccc1B1OCCCCO1.CCOC(C)OCc1cc(F)ccc1B1OCCCO1.COB(O)c1ccc(F)cc1COC1CCCCO1.COB(OC)c1ccc(F)cc1COC1CCCCO1.OB(O)c1ccc(F)cc1COC1CCCCO1. The molecular formula is C102H148B7F7O28. The van der Waals surface area contributed by atoms with Gasteiger partial charge in [-0.2, -0.15) is 0 Å². The minimum absolute atomic E-state index is 0.00330. The summed E-state index contributed by atoms with van der Waals surface area (Å²) in [5.74, 6) is -2.29. The maximum Gasteiger partial charge on any atom is 0.494 e. The molecule has 7 fully saturated rings. The Kier molecular flexibility index (Phi) is 58.1. The van der Waals surface area contributed by atoms with Gasteiger partial charge in [0, 0.05) is 125 Å². The second-order valence-electron chi connectivity index (χ2n) is 36.1. The average molecular weight is 2030 g/mol. The largest absolute Gasteiger partial charge is 0.494 e. The van der Waals surface area contributed by atoms with Crippen molar-refractivity contribution in [2.45, 2.75) is 282 Å². The van der Waals surface area contributed by atoms with Gasteiger partial charge in [-0.05, 0) is 328 Å². The van der Waals surface area contributed by atoms with Crippen molar-refractivity contribution >= 4 is 88.1 Å². The summed E-state index contributed by atoms with van der Waals surface area (Å²) in [5, 5.41) is 28.1. The van der Waals surface area contributed by atoms with Gasteiger partial charge in [-0.3, -0.25) is 0 Å². The van der Waals surface area contributed by atoms with E-state index in [1.165, 1.54) is 104 Å². The average Bonchev–Trinajstić information content (AvgIpc) is 0.985. The van der Waals surface area contributed by atoms with Gasteiger partial charge in [0.05, 0.1) is 46.2 Å². The standard InChI is InChI=1S/C18H28BFO4.C16H24BFO4.C15H22BFO4.2C14H20BFO4.C13H18BFO4.C12H16BFO4/c1-13(2)23-19(24-14(3)4)17-9-8-16(20)11-15(17)12-22-18-7-5-6-10-21-18;1-5-19-12(2)20-9-13-8-14(18)6-7-15(13)17-21-10-16(3,4)11-22-17;1-3-18-12(2)19-11-13-10-14(17)6-7-15(13)16-20-8-4-5-9-21-16;1-17-15(18-2)13-7-6-12(16)9-11(13)10-20-14-5-3-4-8-19-14;1-3-17-11(2)18-10-12-9-13(16)5-6-14(12)15-19-7-4-8-20-15;1-17-14(16)12-6-5-11(15)8-10(12)9-19-13-4-2-3-7-18-13;14-10-4-5-11(13(15)16)9(7-10)8-18-12-3-1-2-6-17-12/h8-9,11,13-14,18H,5-7,10,12H2,1-4H3;6-8,12H,5,9-11H2,1-4H3;6-7,10,12H,3-5,8-9,11H2,1-2H3;6-7,9,14H,3-5,8,10H2,1-2H3;5-6,9,11H,3-4,7-8,10H2,1-2H3;5-6,8,13,16H,2-4,7,9H2,1H3;4-5,7,12,15-16H,1-3,6,8H2. The Morgan fingerprint density at radius 3 is 0.882 bits per heavy atom. The third-order valence-corrected chi connectivity index (χ3v) is 23.0. The normalized spacial score (nSPS) is 18.6. The van der Waals surface area contributed by atoms with Crippen LogP contribution < -0.4 is 38.2 Å². The van der Waals surface area contributed by atoms with E-state index in [2.05, 4.69) is 13.8 Å². The molecule has 144 heavy (non-hydrogen) atoms. The van der Waals surface area contributed by atoms with E-state index < -0.39 is 55.6 Å². The van der Waals surface area contributed by atoms with Crippen molar-refractivity contribution in [1.82, 2.24) is 0 Å². The van der Waals surface area contributed by atoms with Crippen LogP contribution in [0.4, 0.5) is 30.7 Å². The molecule has 7 atom stereocenters. The number of ether oxygens (including phenoxy) is 14. The summed E-state index contributed by atoms with van der Waals surface area (Å²) >= 11 is 0. The summed E-state index contributed by atoms with van der Waals surface area (Å²) in [7, 11) is -0.656. The molecule has 28 nitrogen and oxygen atoms in total. The molecule has 7 aliphatic heterocycles. The first-order valence-electron chi connectivity index (χ1n) is 50.1. The summed E-state index contributed by atoms with van der Waals surface area (Å²) in [6, 6.07) is 30.8. The molecule has 0 radical (unpaired) electrons. The van der Waals surface area contributed by atoms with Crippen LogP contribution in [0, 0.1) is 46.1 Å². The molecule has 0 aromatic heterocycles. The van der Waals surface area contributed by atoms with Crippen LogP contribution in [0.3, 0.4) is 0 Å². The second kappa shape index (κ2) is 68.2. The maximum absolute atomic E-state index is 13.7. The molecule has 7 unspecified atom stereocenters. The third-order valence-electron chi connectivity index (χ3n) is 23.0. The van der Waals surface area contributed by atoms with E-state index in [1.54, 1.807) is 44.6 Å². The van der Waals surface area contributed by atoms with Crippen LogP contribution in [0.1, 0.15) is 218 Å². The summed E-state index contributed by atoms with van der Waals surface area (Å²) < 4.78 is 232. The maximum atomic E-state index is 13.7. The Balaban J connectivity index is 0.000000206. The predicted octanol–water partition coefficient (Wildman–Crippen LogP) is 13.6. The molecule has 7 heterocycles. The lowest BCUT2D eigenvalue weighted by Crippen LogP contribution is -2.48. The van der Waals surface area contributed by atoms with Crippen molar-refractivity contribution in [2.24, 2.45) is 5.41 Å². The minimum atomic E-state index is -1.63. The van der Waals surface area contributed by atoms with Crippen LogP contribution in [-0.2, 0) is 164 Å². The van der Waals surface area contributed by atoms with Gasteiger partial charge >= 0.3 is 49.8 Å². The van der Waals surface area contributed by atoms with Gasteiger partial charge in [-0.1, -0.05) is 56.3 Å². The van der Waals surface area contributed by atoms with Crippen molar-refractivity contribution in [2.75, 3.05) is 107 Å². The van der Waals surface area contributed by atoms with Crippen molar-refractivity contribution < 1.29 is 163 Å². The minimum Gasteiger partial charge on any atom is -0.423 e. The highest BCUT2D eigenvalue weighted by Crippen LogP contribution is 2.26. The first-order valence-corrected chi connectivity index (χ1v) is 50.1. The Morgan fingerprint density at radius 1 is 0.319 bits per heavy atom. The van der Waals surface area contributed by atoms with Crippen molar-refractivity contribution in [3.63, 3.8) is 0 Å². The lowest BCUT2D eigenvalue weighted by molar-refractivity contribution is -0.169. The summed E-state index contributed by atoms with van der Waals surface area (Å²) in [4.78, 5) is 0. The van der Waals surface area contributed by atoms with Gasteiger partial charge in [-0.25, -0.2) is 30.7 Å². The van der Waals surface area contributed by atoms with Gasteiger partial charge in [0.25, 0.3) is 0 Å². The summed E-state index contributed by atoms with van der Waals surface area (Å²) in [6.07, 6.45) is 12.8. The molecular weight excluding hydrogens is 1880 g/mol. The van der Waals surface area contributed by atoms with Gasteiger partial charge in [0.1, 0.15) is 40.7 Å². The Labute approximate surface area is 848 Å². The highest BCUT2D eigenvalue weighted by Gasteiger charge is 2.37. The van der Waals surface area contributed by atoms with Crippen LogP contribution in [0.15, 0.2) is 127 Å². The van der Waals surface area contributed by atoms with Gasteiger partial charge in [0.2, 0.25) is 0 Å². The Hall–Kier alpha value is -6.62. The molecule has 0 saturated carbocycles. The van der Waals surface area contributed by atoms with E-state index in [0.717, 1.165) is 159 Å². The van der Waals surface area contributed by atoms with E-state index >= 15 is 0 Å². The Morgan fingerprint density at radius 2 is 0.590 bits per heavy atom. The van der Waals surface area contributed by atoms with E-state index in [0.29, 0.717) is 94.8 Å². The van der Waals surface area contributed by atoms with Crippen LogP contribution in [-0.4, -0.2) is 228 Å². The number of rotatable bonds is 41. The monoisotopic (exact) mass is 2030 g/mol. The lowest BCUT2D eigenvalue weighted by atomic mass is 9.73. The molecule has 42 heteroatoms. The fourth-order valence-corrected chi connectivity index (χ4v) is 15.6. The molecule has 0 spiro atoms. The number of hydrogen-bond acceptors (Lipinski definition) is 28. The zero-order valence-electron chi connectivity index (χ0n) is 86.3. The fraction of sp³-hybridized carbons (Fsp3) is 0.588. The summed E-state index contributed by atoms with van der Waals surface area (Å²) in [6.45, 7) is 33.1. The van der Waals surface area contributed by atoms with Gasteiger partial charge in [0.15, 0.2) is 44.0 Å². The zero-order chi connectivity index (χ0) is 104. The third kappa shape index (κ3) is 45.7. The first kappa shape index (κ1) is 123. The molecule has 7 aliphatic rings. The van der Waals surface area contributed by atoms with Crippen LogP contribution in [0.2, 0.25) is 0 Å². The number of hydrogen-bond donors (Lipinski definition) is 3. The predicted molar refractivity (Wildman–Crippen MR) is 537 cm³/mol. The molecule has 7 saturated heterocycles. The highest BCUT2D eigenvalue weighted by molar-refractivity contribution is 6.64. The number of benzene rings is 7. The van der Waals surface area contributed by atoms with E-state index in [9.17, 15) is 45.8 Å². The molecule has 7 aromatic carbocycles. The second-order valence-corrected chi connectivity index (χ2v) is 36.1. The fourth-order valence-electron chi connectivity index (χ4n) is 15.6. The van der Waals surface area contributed by atoms with Crippen LogP contribution in [0.25, 0.3) is 0 Å². The van der Waals surface area contributed by atoms with Crippen molar-refractivity contribution in [3.8, 4) is 0 Å². The van der Waals surface area contributed by atoms with E-state index in [4.69, 9.17) is 118 Å². The summed E-state index contributed by atoms with van der Waals surface area (Å²) in [5.41, 5.74) is 9.40. The van der Waals surface area contributed by atoms with Crippen LogP contribution in [0.5, 0.6) is 0 Å². The van der Waals surface area contributed by atoms with E-state index in [1.807, 2.05) is 69.2 Å². The number of halogens is 7. The quantitative estimate of drug-likeness (QED) is 0.0182.